The van der Waals surface area contributed by atoms with E-state index in [-0.39, 0.29) is 11.3 Å². The largest absolute Gasteiger partial charge is 0.315 e. The zero-order valence-electron chi connectivity index (χ0n) is 13.1. The van der Waals surface area contributed by atoms with Gasteiger partial charge in [0.1, 0.15) is 5.69 Å². The first kappa shape index (κ1) is 14.8. The fourth-order valence-electron chi connectivity index (χ4n) is 3.04. The summed E-state index contributed by atoms with van der Waals surface area (Å²) in [5, 5.41) is 2.17. The van der Waals surface area contributed by atoms with Gasteiger partial charge in [-0.05, 0) is 18.4 Å². The number of hydrogen-bond donors (Lipinski definition) is 0. The van der Waals surface area contributed by atoms with Crippen molar-refractivity contribution < 1.29 is 8.78 Å². The van der Waals surface area contributed by atoms with Gasteiger partial charge in [0.15, 0.2) is 0 Å². The predicted molar refractivity (Wildman–Crippen MR) is 93.4 cm³/mol. The summed E-state index contributed by atoms with van der Waals surface area (Å²) in [5.41, 5.74) is 1.30. The van der Waals surface area contributed by atoms with E-state index in [4.69, 9.17) is 0 Å². The number of nitrogens with zero attached hydrogens (tertiary/aromatic N) is 1. The van der Waals surface area contributed by atoms with Gasteiger partial charge in [0.05, 0.1) is 5.52 Å². The highest BCUT2D eigenvalue weighted by atomic mass is 19.3. The monoisotopic (exact) mass is 319 g/mol. The van der Waals surface area contributed by atoms with Gasteiger partial charge in [-0.15, -0.1) is 0 Å². The minimum atomic E-state index is -3.16. The van der Waals surface area contributed by atoms with Crippen molar-refractivity contribution in [3.05, 3.63) is 89.6 Å². The van der Waals surface area contributed by atoms with Crippen LogP contribution in [0.4, 0.5) is 8.78 Å². The molecule has 3 heteroatoms. The number of hydrogen-bond acceptors (Lipinski definition) is 1. The summed E-state index contributed by atoms with van der Waals surface area (Å²) in [7, 11) is 0. The Morgan fingerprint density at radius 3 is 2.00 bits per heavy atom. The molecule has 118 valence electrons. The molecule has 0 radical (unpaired) electrons. The van der Waals surface area contributed by atoms with Crippen molar-refractivity contribution >= 4 is 21.7 Å². The molecule has 4 aromatic rings. The van der Waals surface area contributed by atoms with Gasteiger partial charge < -0.3 is 0 Å². The topological polar surface area (TPSA) is 12.9 Å². The summed E-state index contributed by atoms with van der Waals surface area (Å²) in [5.74, 6) is -3.16. The van der Waals surface area contributed by atoms with E-state index < -0.39 is 5.92 Å². The van der Waals surface area contributed by atoms with E-state index in [0.29, 0.717) is 10.9 Å². The molecule has 0 saturated heterocycles. The lowest BCUT2D eigenvalue weighted by Gasteiger charge is -2.19. The van der Waals surface area contributed by atoms with Crippen LogP contribution in [0, 0.1) is 6.92 Å². The van der Waals surface area contributed by atoms with Crippen molar-refractivity contribution in [2.75, 3.05) is 0 Å². The van der Waals surface area contributed by atoms with Crippen molar-refractivity contribution in [1.29, 1.82) is 0 Å². The fourth-order valence-corrected chi connectivity index (χ4v) is 3.04. The van der Waals surface area contributed by atoms with Crippen LogP contribution < -0.4 is 0 Å². The molecule has 4 rings (SSSR count). The third-order valence-corrected chi connectivity index (χ3v) is 4.32. The molecule has 0 aliphatic carbocycles. The number of rotatable bonds is 2. The minimum absolute atomic E-state index is 0.0407. The first-order valence-corrected chi connectivity index (χ1v) is 7.80. The molecule has 0 amide bonds. The molecule has 0 aliphatic heterocycles. The van der Waals surface area contributed by atoms with E-state index in [1.165, 1.54) is 12.1 Å². The molecular weight excluding hydrogens is 304 g/mol. The van der Waals surface area contributed by atoms with Crippen LogP contribution in [0.3, 0.4) is 0 Å². The Bertz CT molecular complexity index is 1040. The van der Waals surface area contributed by atoms with E-state index in [1.54, 1.807) is 30.3 Å². The second-order valence-electron chi connectivity index (χ2n) is 5.96. The SMILES string of the molecule is Cc1ccc(C(F)(F)c2nc3ccccc3c3ccccc23)cc1. The molecule has 0 atom stereocenters. The van der Waals surface area contributed by atoms with Crippen molar-refractivity contribution in [1.82, 2.24) is 4.98 Å². The molecule has 0 spiro atoms. The summed E-state index contributed by atoms with van der Waals surface area (Å²) in [6.07, 6.45) is 0. The average Bonchev–Trinajstić information content (AvgIpc) is 2.61. The molecule has 24 heavy (non-hydrogen) atoms. The Kier molecular flexibility index (Phi) is 3.31. The summed E-state index contributed by atoms with van der Waals surface area (Å²) in [6, 6.07) is 21.0. The summed E-state index contributed by atoms with van der Waals surface area (Å²) in [4.78, 5) is 4.32. The second kappa shape index (κ2) is 5.38. The highest BCUT2D eigenvalue weighted by Gasteiger charge is 2.37. The average molecular weight is 319 g/mol. The van der Waals surface area contributed by atoms with Crippen LogP contribution in [0.25, 0.3) is 21.7 Å². The van der Waals surface area contributed by atoms with Crippen molar-refractivity contribution in [3.8, 4) is 0 Å². The van der Waals surface area contributed by atoms with E-state index >= 15 is 8.78 Å². The van der Waals surface area contributed by atoms with Crippen molar-refractivity contribution in [3.63, 3.8) is 0 Å². The molecule has 1 aromatic heterocycles. The third-order valence-electron chi connectivity index (χ3n) is 4.32. The maximum absolute atomic E-state index is 15.2. The molecule has 3 aromatic carbocycles. The maximum atomic E-state index is 15.2. The number of pyridine rings is 1. The quantitative estimate of drug-likeness (QED) is 0.423. The van der Waals surface area contributed by atoms with Gasteiger partial charge in [-0.3, -0.25) is 0 Å². The number of halogens is 2. The molecule has 1 nitrogen and oxygen atoms in total. The van der Waals surface area contributed by atoms with Crippen LogP contribution in [0.15, 0.2) is 72.8 Å². The van der Waals surface area contributed by atoms with E-state index in [1.807, 2.05) is 37.3 Å². The Morgan fingerprint density at radius 2 is 1.29 bits per heavy atom. The molecular formula is C21H15F2N. The first-order valence-electron chi connectivity index (χ1n) is 7.80. The summed E-state index contributed by atoms with van der Waals surface area (Å²) >= 11 is 0. The third kappa shape index (κ3) is 2.24. The van der Waals surface area contributed by atoms with E-state index in [0.717, 1.165) is 16.3 Å². The van der Waals surface area contributed by atoms with Gasteiger partial charge in [-0.1, -0.05) is 72.3 Å². The first-order chi connectivity index (χ1) is 11.6. The number of alkyl halides is 2. The van der Waals surface area contributed by atoms with Gasteiger partial charge in [-0.25, -0.2) is 4.98 Å². The summed E-state index contributed by atoms with van der Waals surface area (Å²) in [6.45, 7) is 1.88. The van der Waals surface area contributed by atoms with Crippen LogP contribution in [0.2, 0.25) is 0 Å². The van der Waals surface area contributed by atoms with Crippen LogP contribution in [-0.2, 0) is 5.92 Å². The molecule has 0 bridgehead atoms. The van der Waals surface area contributed by atoms with Crippen LogP contribution >= 0.6 is 0 Å². The highest BCUT2D eigenvalue weighted by molar-refractivity contribution is 6.06. The van der Waals surface area contributed by atoms with Gasteiger partial charge in [0, 0.05) is 16.3 Å². The van der Waals surface area contributed by atoms with Gasteiger partial charge in [0.2, 0.25) is 0 Å². The molecule has 0 N–H and O–H groups in total. The van der Waals surface area contributed by atoms with E-state index in [9.17, 15) is 0 Å². The Balaban J connectivity index is 2.06. The number of aryl methyl sites for hydroxylation is 1. The maximum Gasteiger partial charge on any atom is 0.315 e. The Labute approximate surface area is 138 Å². The standard InChI is InChI=1S/C21H15F2N/c1-14-10-12-15(13-11-14)21(22,23)20-18-8-3-2-6-16(18)17-7-4-5-9-19(17)24-20/h2-13H,1H3. The van der Waals surface area contributed by atoms with Crippen LogP contribution in [0.5, 0.6) is 0 Å². The Morgan fingerprint density at radius 1 is 0.708 bits per heavy atom. The lowest BCUT2D eigenvalue weighted by molar-refractivity contribution is 0.0401. The molecule has 0 unspecified atom stereocenters. The van der Waals surface area contributed by atoms with Gasteiger partial charge in [0.25, 0.3) is 0 Å². The number of aromatic nitrogens is 1. The normalized spacial score (nSPS) is 12.0. The van der Waals surface area contributed by atoms with E-state index in [2.05, 4.69) is 4.98 Å². The van der Waals surface area contributed by atoms with Crippen LogP contribution in [-0.4, -0.2) is 4.98 Å². The lowest BCUT2D eigenvalue weighted by atomic mass is 9.97. The number of fused-ring (bicyclic) bond motifs is 3. The fraction of sp³-hybridized carbons (Fsp3) is 0.0952. The minimum Gasteiger partial charge on any atom is -0.245 e. The van der Waals surface area contributed by atoms with Gasteiger partial charge in [-0.2, -0.15) is 8.78 Å². The Hall–Kier alpha value is -2.81. The van der Waals surface area contributed by atoms with Crippen molar-refractivity contribution in [2.24, 2.45) is 0 Å². The molecule has 0 saturated carbocycles. The molecule has 0 fully saturated rings. The van der Waals surface area contributed by atoms with Crippen LogP contribution in [0.1, 0.15) is 16.8 Å². The zero-order chi connectivity index (χ0) is 16.7. The smallest absolute Gasteiger partial charge is 0.245 e. The van der Waals surface area contributed by atoms with Crippen molar-refractivity contribution in [2.45, 2.75) is 12.8 Å². The molecule has 0 aliphatic rings. The summed E-state index contributed by atoms with van der Waals surface area (Å²) < 4.78 is 30.4. The lowest BCUT2D eigenvalue weighted by Crippen LogP contribution is -2.18. The molecule has 1 heterocycles. The highest BCUT2D eigenvalue weighted by Crippen LogP contribution is 2.40. The van der Waals surface area contributed by atoms with Gasteiger partial charge >= 0.3 is 5.92 Å². The second-order valence-corrected chi connectivity index (χ2v) is 5.96. The number of para-hydroxylation sites is 1. The predicted octanol–water partition coefficient (Wildman–Crippen LogP) is 5.84. The number of benzene rings is 3. The zero-order valence-corrected chi connectivity index (χ0v) is 13.1.